The molecule has 0 aliphatic heterocycles. The fourth-order valence-electron chi connectivity index (χ4n) is 3.30. The molecular formula is C18H27NO2. The minimum Gasteiger partial charge on any atom is -0.496 e. The molecule has 116 valence electrons. The second-order valence-corrected chi connectivity index (χ2v) is 6.45. The minimum absolute atomic E-state index is 0.644. The summed E-state index contributed by atoms with van der Waals surface area (Å²) in [4.78, 5) is 13.6. The van der Waals surface area contributed by atoms with Gasteiger partial charge in [0, 0.05) is 30.3 Å². The predicted octanol–water partition coefficient (Wildman–Crippen LogP) is 3.91. The summed E-state index contributed by atoms with van der Waals surface area (Å²) in [5.41, 5.74) is 1.84. The Morgan fingerprint density at radius 2 is 2.05 bits per heavy atom. The molecule has 0 spiro atoms. The zero-order chi connectivity index (χ0) is 15.2. The Labute approximate surface area is 128 Å². The highest BCUT2D eigenvalue weighted by atomic mass is 16.5. The average molecular weight is 289 g/mol. The summed E-state index contributed by atoms with van der Waals surface area (Å²) in [5, 5.41) is 0. The topological polar surface area (TPSA) is 29.5 Å². The van der Waals surface area contributed by atoms with Gasteiger partial charge in [-0.25, -0.2) is 0 Å². The van der Waals surface area contributed by atoms with Gasteiger partial charge in [0.15, 0.2) is 0 Å². The molecule has 0 saturated heterocycles. The Hall–Kier alpha value is -1.35. The van der Waals surface area contributed by atoms with Crippen LogP contribution in [0.1, 0.15) is 55.5 Å². The van der Waals surface area contributed by atoms with Crippen molar-refractivity contribution >= 4 is 6.29 Å². The Morgan fingerprint density at radius 1 is 1.33 bits per heavy atom. The van der Waals surface area contributed by atoms with E-state index in [4.69, 9.17) is 4.74 Å². The molecular weight excluding hydrogens is 262 g/mol. The second-order valence-electron chi connectivity index (χ2n) is 6.45. The van der Waals surface area contributed by atoms with Gasteiger partial charge in [-0.3, -0.25) is 9.69 Å². The number of ether oxygens (including phenoxy) is 1. The number of benzene rings is 1. The molecule has 0 radical (unpaired) electrons. The van der Waals surface area contributed by atoms with E-state index in [1.165, 1.54) is 25.7 Å². The van der Waals surface area contributed by atoms with Crippen molar-refractivity contribution < 1.29 is 9.53 Å². The quantitative estimate of drug-likeness (QED) is 0.713. The number of nitrogens with zero attached hydrogens (tertiary/aromatic N) is 1. The van der Waals surface area contributed by atoms with Gasteiger partial charge in [0.2, 0.25) is 0 Å². The summed E-state index contributed by atoms with van der Waals surface area (Å²) in [6.45, 7) is 6.49. The van der Waals surface area contributed by atoms with Crippen LogP contribution in [0.5, 0.6) is 5.75 Å². The van der Waals surface area contributed by atoms with E-state index in [-0.39, 0.29) is 0 Å². The number of aldehydes is 1. The first-order valence-corrected chi connectivity index (χ1v) is 8.00. The van der Waals surface area contributed by atoms with Crippen LogP contribution < -0.4 is 4.74 Å². The highest BCUT2D eigenvalue weighted by Gasteiger charge is 2.24. The minimum atomic E-state index is 0.644. The van der Waals surface area contributed by atoms with Gasteiger partial charge in [0.05, 0.1) is 7.11 Å². The van der Waals surface area contributed by atoms with E-state index in [9.17, 15) is 4.79 Å². The SMILES string of the molecule is COc1ccc(C=O)cc1CN(CC(C)C)C1CCCC1. The molecule has 21 heavy (non-hydrogen) atoms. The van der Waals surface area contributed by atoms with E-state index in [1.54, 1.807) is 7.11 Å². The van der Waals surface area contributed by atoms with Crippen LogP contribution in [0.3, 0.4) is 0 Å². The molecule has 1 aromatic carbocycles. The lowest BCUT2D eigenvalue weighted by molar-refractivity contribution is 0.112. The van der Waals surface area contributed by atoms with Crippen LogP contribution in [-0.4, -0.2) is 30.9 Å². The van der Waals surface area contributed by atoms with Crippen molar-refractivity contribution in [1.29, 1.82) is 0 Å². The molecule has 1 aliphatic rings. The summed E-state index contributed by atoms with van der Waals surface area (Å²) in [7, 11) is 1.70. The molecule has 3 nitrogen and oxygen atoms in total. The number of methoxy groups -OCH3 is 1. The number of rotatable bonds is 7. The van der Waals surface area contributed by atoms with Gasteiger partial charge in [0.25, 0.3) is 0 Å². The maximum Gasteiger partial charge on any atom is 0.150 e. The first-order chi connectivity index (χ1) is 10.1. The smallest absolute Gasteiger partial charge is 0.150 e. The monoisotopic (exact) mass is 289 g/mol. The van der Waals surface area contributed by atoms with Crippen LogP contribution in [0.15, 0.2) is 18.2 Å². The molecule has 0 atom stereocenters. The molecule has 0 unspecified atom stereocenters. The van der Waals surface area contributed by atoms with Crippen LogP contribution in [0.25, 0.3) is 0 Å². The third-order valence-corrected chi connectivity index (χ3v) is 4.25. The molecule has 0 heterocycles. The molecule has 1 saturated carbocycles. The van der Waals surface area contributed by atoms with Crippen molar-refractivity contribution in [1.82, 2.24) is 4.90 Å². The Kier molecular flexibility index (Phi) is 5.80. The zero-order valence-corrected chi connectivity index (χ0v) is 13.5. The van der Waals surface area contributed by atoms with Crippen molar-refractivity contribution in [2.24, 2.45) is 5.92 Å². The Bertz CT molecular complexity index is 464. The summed E-state index contributed by atoms with van der Waals surface area (Å²) < 4.78 is 5.47. The molecule has 1 aromatic rings. The van der Waals surface area contributed by atoms with Crippen LogP contribution >= 0.6 is 0 Å². The van der Waals surface area contributed by atoms with Crippen LogP contribution in [-0.2, 0) is 6.54 Å². The normalized spacial score (nSPS) is 15.9. The van der Waals surface area contributed by atoms with Gasteiger partial charge in [-0.15, -0.1) is 0 Å². The van der Waals surface area contributed by atoms with E-state index in [0.717, 1.165) is 36.3 Å². The van der Waals surface area contributed by atoms with Gasteiger partial charge < -0.3 is 4.74 Å². The molecule has 3 heteroatoms. The maximum atomic E-state index is 11.0. The van der Waals surface area contributed by atoms with E-state index in [1.807, 2.05) is 18.2 Å². The average Bonchev–Trinajstić information content (AvgIpc) is 3.00. The highest BCUT2D eigenvalue weighted by Crippen LogP contribution is 2.28. The molecule has 0 N–H and O–H groups in total. The standard InChI is InChI=1S/C18H27NO2/c1-14(2)11-19(17-6-4-5-7-17)12-16-10-15(13-20)8-9-18(16)21-3/h8-10,13-14,17H,4-7,11-12H2,1-3H3. The molecule has 0 bridgehead atoms. The van der Waals surface area contributed by atoms with Gasteiger partial charge in [-0.05, 0) is 37.0 Å². The van der Waals surface area contributed by atoms with Crippen molar-refractivity contribution in [3.05, 3.63) is 29.3 Å². The molecule has 0 amide bonds. The number of hydrogen-bond acceptors (Lipinski definition) is 3. The summed E-state index contributed by atoms with van der Waals surface area (Å²) in [5.74, 6) is 1.53. The first kappa shape index (κ1) is 16.0. The summed E-state index contributed by atoms with van der Waals surface area (Å²) in [6, 6.07) is 6.37. The van der Waals surface area contributed by atoms with E-state index < -0.39 is 0 Å². The van der Waals surface area contributed by atoms with Gasteiger partial charge >= 0.3 is 0 Å². The highest BCUT2D eigenvalue weighted by molar-refractivity contribution is 5.75. The van der Waals surface area contributed by atoms with Crippen LogP contribution in [0, 0.1) is 5.92 Å². The van der Waals surface area contributed by atoms with Gasteiger partial charge in [-0.1, -0.05) is 26.7 Å². The van der Waals surface area contributed by atoms with Crippen molar-refractivity contribution in [2.75, 3.05) is 13.7 Å². The van der Waals surface area contributed by atoms with Crippen LogP contribution in [0.4, 0.5) is 0 Å². The molecule has 1 fully saturated rings. The fourth-order valence-corrected chi connectivity index (χ4v) is 3.30. The summed E-state index contributed by atoms with van der Waals surface area (Å²) in [6.07, 6.45) is 6.17. The van der Waals surface area contributed by atoms with E-state index >= 15 is 0 Å². The predicted molar refractivity (Wildman–Crippen MR) is 85.9 cm³/mol. The van der Waals surface area contributed by atoms with Crippen molar-refractivity contribution in [3.8, 4) is 5.75 Å². The first-order valence-electron chi connectivity index (χ1n) is 8.00. The molecule has 1 aliphatic carbocycles. The zero-order valence-electron chi connectivity index (χ0n) is 13.5. The van der Waals surface area contributed by atoms with E-state index in [0.29, 0.717) is 12.0 Å². The van der Waals surface area contributed by atoms with Crippen molar-refractivity contribution in [2.45, 2.75) is 52.1 Å². The van der Waals surface area contributed by atoms with Gasteiger partial charge in [0.1, 0.15) is 12.0 Å². The fraction of sp³-hybridized carbons (Fsp3) is 0.611. The second kappa shape index (κ2) is 7.60. The molecule has 2 rings (SSSR count). The Morgan fingerprint density at radius 3 is 2.62 bits per heavy atom. The van der Waals surface area contributed by atoms with Gasteiger partial charge in [-0.2, -0.15) is 0 Å². The number of hydrogen-bond donors (Lipinski definition) is 0. The third-order valence-electron chi connectivity index (χ3n) is 4.25. The summed E-state index contributed by atoms with van der Waals surface area (Å²) >= 11 is 0. The lowest BCUT2D eigenvalue weighted by Gasteiger charge is -2.31. The molecule has 0 aromatic heterocycles. The number of carbonyl (C=O) groups excluding carboxylic acids is 1. The third kappa shape index (κ3) is 4.31. The lowest BCUT2D eigenvalue weighted by atomic mass is 10.1. The van der Waals surface area contributed by atoms with Crippen LogP contribution in [0.2, 0.25) is 0 Å². The lowest BCUT2D eigenvalue weighted by Crippen LogP contribution is -2.35. The van der Waals surface area contributed by atoms with E-state index in [2.05, 4.69) is 18.7 Å². The largest absolute Gasteiger partial charge is 0.496 e. The van der Waals surface area contributed by atoms with Crippen molar-refractivity contribution in [3.63, 3.8) is 0 Å². The number of carbonyl (C=O) groups is 1. The Balaban J connectivity index is 2.19. The maximum absolute atomic E-state index is 11.0.